The van der Waals surface area contributed by atoms with E-state index in [2.05, 4.69) is 11.4 Å². The van der Waals surface area contributed by atoms with Gasteiger partial charge >= 0.3 is 0 Å². The number of amides is 1. The molecule has 4 rings (SSSR count). The van der Waals surface area contributed by atoms with Crippen LogP contribution in [0.15, 0.2) is 83.7 Å². The van der Waals surface area contributed by atoms with E-state index in [4.69, 9.17) is 10.2 Å². The minimum absolute atomic E-state index is 0.0977. The van der Waals surface area contributed by atoms with Crippen LogP contribution >= 0.6 is 0 Å². The van der Waals surface area contributed by atoms with E-state index in [0.717, 1.165) is 33.0 Å². The minimum atomic E-state index is -0.0977. The first-order chi connectivity index (χ1) is 13.2. The molecule has 1 heterocycles. The van der Waals surface area contributed by atoms with Crippen molar-refractivity contribution in [2.75, 3.05) is 0 Å². The molecule has 0 aliphatic heterocycles. The molecule has 1 amide bonds. The predicted octanol–water partition coefficient (Wildman–Crippen LogP) is 4.49. The van der Waals surface area contributed by atoms with Crippen LogP contribution in [0.1, 0.15) is 21.5 Å². The molecule has 4 heteroatoms. The first kappa shape index (κ1) is 17.1. The highest BCUT2D eigenvalue weighted by atomic mass is 16.3. The Balaban J connectivity index is 1.63. The lowest BCUT2D eigenvalue weighted by molar-refractivity contribution is 0.0952. The Labute approximate surface area is 157 Å². The highest BCUT2D eigenvalue weighted by Crippen LogP contribution is 2.28. The van der Waals surface area contributed by atoms with Gasteiger partial charge in [0.05, 0.1) is 12.5 Å². The van der Waals surface area contributed by atoms with Gasteiger partial charge in [0.1, 0.15) is 0 Å². The fraction of sp³-hybridized carbons (Fsp3) is 0.0870. The summed E-state index contributed by atoms with van der Waals surface area (Å²) < 4.78 is 5.20. The van der Waals surface area contributed by atoms with Crippen LogP contribution in [0, 0.1) is 0 Å². The van der Waals surface area contributed by atoms with Crippen LogP contribution in [-0.4, -0.2) is 5.91 Å². The molecule has 0 aliphatic rings. The number of hydrogen-bond donors (Lipinski definition) is 2. The van der Waals surface area contributed by atoms with Crippen LogP contribution in [0.4, 0.5) is 0 Å². The summed E-state index contributed by atoms with van der Waals surface area (Å²) in [6.45, 7) is 0.980. The third kappa shape index (κ3) is 3.61. The number of carbonyl (C=O) groups is 1. The lowest BCUT2D eigenvalue weighted by Gasteiger charge is -2.11. The van der Waals surface area contributed by atoms with Gasteiger partial charge in [-0.05, 0) is 45.7 Å². The van der Waals surface area contributed by atoms with Crippen molar-refractivity contribution in [1.82, 2.24) is 5.32 Å². The second kappa shape index (κ2) is 7.48. The maximum Gasteiger partial charge on any atom is 0.252 e. The van der Waals surface area contributed by atoms with Crippen LogP contribution in [0.25, 0.3) is 21.9 Å². The van der Waals surface area contributed by atoms with Crippen molar-refractivity contribution in [3.05, 3.63) is 95.9 Å². The average Bonchev–Trinajstić information content (AvgIpc) is 3.26. The SMILES string of the molecule is NCc1ccc(CNC(=O)c2cc(-c3ccoc3)cc3ccccc23)cc1. The van der Waals surface area contributed by atoms with Crippen molar-refractivity contribution in [3.8, 4) is 11.1 Å². The molecular formula is C23H20N2O2. The number of carbonyl (C=O) groups excluding carboxylic acids is 1. The summed E-state index contributed by atoms with van der Waals surface area (Å²) in [5.41, 5.74) is 10.3. The largest absolute Gasteiger partial charge is 0.472 e. The number of nitrogens with one attached hydrogen (secondary N) is 1. The van der Waals surface area contributed by atoms with E-state index in [-0.39, 0.29) is 5.91 Å². The Morgan fingerprint density at radius 1 is 0.926 bits per heavy atom. The van der Waals surface area contributed by atoms with Crippen molar-refractivity contribution in [2.24, 2.45) is 5.73 Å². The molecule has 0 atom stereocenters. The summed E-state index contributed by atoms with van der Waals surface area (Å²) in [7, 11) is 0. The van der Waals surface area contributed by atoms with Gasteiger partial charge in [0.25, 0.3) is 5.91 Å². The van der Waals surface area contributed by atoms with Gasteiger partial charge < -0.3 is 15.5 Å². The molecule has 4 aromatic rings. The first-order valence-corrected chi connectivity index (χ1v) is 8.86. The molecule has 0 saturated heterocycles. The van der Waals surface area contributed by atoms with E-state index < -0.39 is 0 Å². The number of rotatable bonds is 5. The predicted molar refractivity (Wildman–Crippen MR) is 107 cm³/mol. The summed E-state index contributed by atoms with van der Waals surface area (Å²) in [5.74, 6) is -0.0977. The van der Waals surface area contributed by atoms with Gasteiger partial charge in [0.2, 0.25) is 0 Å². The van der Waals surface area contributed by atoms with E-state index in [1.807, 2.05) is 60.7 Å². The number of furan rings is 1. The third-order valence-electron chi connectivity index (χ3n) is 4.67. The summed E-state index contributed by atoms with van der Waals surface area (Å²) in [6, 6.07) is 21.7. The summed E-state index contributed by atoms with van der Waals surface area (Å²) in [4.78, 5) is 12.9. The van der Waals surface area contributed by atoms with Crippen LogP contribution in [0.5, 0.6) is 0 Å². The maximum atomic E-state index is 12.9. The molecule has 3 aromatic carbocycles. The molecule has 4 nitrogen and oxygen atoms in total. The van der Waals surface area contributed by atoms with Crippen LogP contribution < -0.4 is 11.1 Å². The number of benzene rings is 3. The Kier molecular flexibility index (Phi) is 4.73. The van der Waals surface area contributed by atoms with Crippen molar-refractivity contribution in [1.29, 1.82) is 0 Å². The Bertz CT molecular complexity index is 1070. The molecule has 3 N–H and O–H groups in total. The average molecular weight is 356 g/mol. The zero-order valence-electron chi connectivity index (χ0n) is 14.8. The number of nitrogens with two attached hydrogens (primary N) is 1. The normalized spacial score (nSPS) is 10.9. The van der Waals surface area contributed by atoms with Crippen LogP contribution in [0.3, 0.4) is 0 Å². The van der Waals surface area contributed by atoms with Crippen LogP contribution in [0.2, 0.25) is 0 Å². The molecule has 0 radical (unpaired) electrons. The zero-order valence-corrected chi connectivity index (χ0v) is 14.8. The minimum Gasteiger partial charge on any atom is -0.472 e. The van der Waals surface area contributed by atoms with Gasteiger partial charge in [0, 0.05) is 24.2 Å². The molecule has 0 spiro atoms. The number of hydrogen-bond acceptors (Lipinski definition) is 3. The summed E-state index contributed by atoms with van der Waals surface area (Å²) >= 11 is 0. The standard InChI is InChI=1S/C23H20N2O2/c24-13-16-5-7-17(8-6-16)14-25-23(26)22-12-20(19-9-10-27-15-19)11-18-3-1-2-4-21(18)22/h1-12,15H,13-14,24H2,(H,25,26). The van der Waals surface area contributed by atoms with Gasteiger partial charge in [-0.3, -0.25) is 4.79 Å². The quantitative estimate of drug-likeness (QED) is 0.554. The first-order valence-electron chi connectivity index (χ1n) is 8.86. The fourth-order valence-corrected chi connectivity index (χ4v) is 3.16. The van der Waals surface area contributed by atoms with Crippen molar-refractivity contribution in [3.63, 3.8) is 0 Å². The summed E-state index contributed by atoms with van der Waals surface area (Å²) in [5, 5.41) is 4.98. The summed E-state index contributed by atoms with van der Waals surface area (Å²) in [6.07, 6.45) is 3.32. The van der Waals surface area contributed by atoms with E-state index >= 15 is 0 Å². The van der Waals surface area contributed by atoms with Gasteiger partial charge in [0.15, 0.2) is 0 Å². The molecule has 0 bridgehead atoms. The third-order valence-corrected chi connectivity index (χ3v) is 4.67. The van der Waals surface area contributed by atoms with E-state index in [0.29, 0.717) is 18.7 Å². The molecule has 134 valence electrons. The highest BCUT2D eigenvalue weighted by molar-refractivity contribution is 6.08. The molecule has 0 fully saturated rings. The molecular weight excluding hydrogens is 336 g/mol. The van der Waals surface area contributed by atoms with Crippen molar-refractivity contribution in [2.45, 2.75) is 13.1 Å². The topological polar surface area (TPSA) is 68.3 Å². The number of fused-ring (bicyclic) bond motifs is 1. The second-order valence-corrected chi connectivity index (χ2v) is 6.46. The van der Waals surface area contributed by atoms with Crippen LogP contribution in [-0.2, 0) is 13.1 Å². The van der Waals surface area contributed by atoms with E-state index in [9.17, 15) is 4.79 Å². The lowest BCUT2D eigenvalue weighted by Crippen LogP contribution is -2.23. The molecule has 27 heavy (non-hydrogen) atoms. The Morgan fingerprint density at radius 3 is 2.44 bits per heavy atom. The maximum absolute atomic E-state index is 12.9. The zero-order chi connectivity index (χ0) is 18.6. The Hall–Kier alpha value is -3.37. The molecule has 0 aliphatic carbocycles. The highest BCUT2D eigenvalue weighted by Gasteiger charge is 2.13. The van der Waals surface area contributed by atoms with Gasteiger partial charge in [-0.25, -0.2) is 0 Å². The van der Waals surface area contributed by atoms with E-state index in [1.165, 1.54) is 0 Å². The van der Waals surface area contributed by atoms with Crippen molar-refractivity contribution >= 4 is 16.7 Å². The smallest absolute Gasteiger partial charge is 0.252 e. The van der Waals surface area contributed by atoms with Gasteiger partial charge in [-0.1, -0.05) is 48.5 Å². The monoisotopic (exact) mass is 356 g/mol. The molecule has 0 saturated carbocycles. The van der Waals surface area contributed by atoms with Crippen molar-refractivity contribution < 1.29 is 9.21 Å². The van der Waals surface area contributed by atoms with E-state index in [1.54, 1.807) is 12.5 Å². The second-order valence-electron chi connectivity index (χ2n) is 6.46. The van der Waals surface area contributed by atoms with Gasteiger partial charge in [-0.15, -0.1) is 0 Å². The molecule has 0 unspecified atom stereocenters. The Morgan fingerprint density at radius 2 is 1.70 bits per heavy atom. The van der Waals surface area contributed by atoms with Gasteiger partial charge in [-0.2, -0.15) is 0 Å². The fourth-order valence-electron chi connectivity index (χ4n) is 3.16. The molecule has 1 aromatic heterocycles. The lowest BCUT2D eigenvalue weighted by atomic mass is 9.97.